The van der Waals surface area contributed by atoms with E-state index in [1.165, 1.54) is 17.0 Å². The van der Waals surface area contributed by atoms with Crippen LogP contribution in [-0.4, -0.2) is 83.6 Å². The Hall–Kier alpha value is -2.66. The maximum absolute atomic E-state index is 12.9. The van der Waals surface area contributed by atoms with Crippen molar-refractivity contribution in [1.29, 1.82) is 0 Å². The number of amides is 2. The summed E-state index contributed by atoms with van der Waals surface area (Å²) in [6.07, 6.45) is -3.14. The first-order chi connectivity index (χ1) is 16.0. The van der Waals surface area contributed by atoms with Crippen LogP contribution in [0.25, 0.3) is 0 Å². The second-order valence-corrected chi connectivity index (χ2v) is 9.29. The van der Waals surface area contributed by atoms with E-state index >= 15 is 0 Å². The number of likely N-dealkylation sites (N-methyl/N-ethyl adjacent to an activating group) is 1. The largest absolute Gasteiger partial charge is 0.573 e. The van der Waals surface area contributed by atoms with E-state index in [1.807, 2.05) is 0 Å². The maximum atomic E-state index is 12.9. The fourth-order valence-electron chi connectivity index (χ4n) is 5.21. The molecule has 0 spiro atoms. The van der Waals surface area contributed by atoms with Gasteiger partial charge in [0.15, 0.2) is 0 Å². The first-order valence-electron chi connectivity index (χ1n) is 11.4. The number of piperidine rings is 2. The van der Waals surface area contributed by atoms with Crippen LogP contribution in [0, 0.1) is 5.92 Å². The Morgan fingerprint density at radius 1 is 1.12 bits per heavy atom. The third-order valence-corrected chi connectivity index (χ3v) is 7.09. The van der Waals surface area contributed by atoms with Gasteiger partial charge in [0.1, 0.15) is 17.7 Å². The Morgan fingerprint density at radius 3 is 2.35 bits per heavy atom. The Balaban J connectivity index is 1.37. The molecule has 3 fully saturated rings. The van der Waals surface area contributed by atoms with Gasteiger partial charge in [0.05, 0.1) is 6.04 Å². The third-order valence-electron chi connectivity index (χ3n) is 7.09. The number of halogens is 3. The van der Waals surface area contributed by atoms with Gasteiger partial charge in [-0.15, -0.1) is 13.2 Å². The van der Waals surface area contributed by atoms with Crippen molar-refractivity contribution in [3.63, 3.8) is 0 Å². The molecule has 11 heteroatoms. The molecule has 0 saturated carbocycles. The van der Waals surface area contributed by atoms with Crippen LogP contribution in [-0.2, 0) is 20.9 Å². The predicted molar refractivity (Wildman–Crippen MR) is 115 cm³/mol. The number of benzene rings is 1. The number of rotatable bonds is 5. The minimum absolute atomic E-state index is 0.0709. The minimum Gasteiger partial charge on any atom is -0.406 e. The molecule has 3 unspecified atom stereocenters. The number of hydrogen-bond acceptors (Lipinski definition) is 6. The molecule has 0 radical (unpaired) electrons. The first-order valence-corrected chi connectivity index (χ1v) is 11.4. The maximum Gasteiger partial charge on any atom is 0.573 e. The number of alkyl halides is 3. The van der Waals surface area contributed by atoms with Crippen molar-refractivity contribution in [2.24, 2.45) is 5.92 Å². The lowest BCUT2D eigenvalue weighted by Gasteiger charge is -2.52. The van der Waals surface area contributed by atoms with E-state index in [4.69, 9.17) is 0 Å². The van der Waals surface area contributed by atoms with Crippen molar-refractivity contribution in [3.05, 3.63) is 29.8 Å². The SMILES string of the molecule is CC(=O)C1CNC2C(C1)N(C)C(=O)C(=O)N2C1CCN(Cc2ccc(OC(F)(F)F)cc2)CC1. The number of hydrogen-bond donors (Lipinski definition) is 1. The zero-order chi connectivity index (χ0) is 24.6. The first kappa shape index (κ1) is 24.5. The average Bonchev–Trinajstić information content (AvgIpc) is 2.79. The van der Waals surface area contributed by atoms with Gasteiger partial charge in [-0.2, -0.15) is 0 Å². The second-order valence-electron chi connectivity index (χ2n) is 9.29. The van der Waals surface area contributed by atoms with Gasteiger partial charge in [0.2, 0.25) is 0 Å². The number of carbonyl (C=O) groups excluding carboxylic acids is 3. The van der Waals surface area contributed by atoms with E-state index in [-0.39, 0.29) is 35.7 Å². The molecule has 8 nitrogen and oxygen atoms in total. The van der Waals surface area contributed by atoms with Crippen LogP contribution >= 0.6 is 0 Å². The van der Waals surface area contributed by atoms with Crippen LogP contribution in [0.3, 0.4) is 0 Å². The smallest absolute Gasteiger partial charge is 0.406 e. The van der Waals surface area contributed by atoms with Crippen molar-refractivity contribution in [3.8, 4) is 5.75 Å². The van der Waals surface area contributed by atoms with Gasteiger partial charge in [0, 0.05) is 45.2 Å². The van der Waals surface area contributed by atoms with E-state index in [9.17, 15) is 27.6 Å². The summed E-state index contributed by atoms with van der Waals surface area (Å²) in [7, 11) is 1.62. The fraction of sp³-hybridized carbons (Fsp3) is 0.609. The number of fused-ring (bicyclic) bond motifs is 1. The summed E-state index contributed by atoms with van der Waals surface area (Å²) in [6, 6.07) is 5.47. The molecule has 1 aromatic carbocycles. The number of Topliss-reactive ketones (excluding diaryl/α,β-unsaturated/α-hetero) is 1. The predicted octanol–water partition coefficient (Wildman–Crippen LogP) is 1.74. The molecule has 3 atom stereocenters. The van der Waals surface area contributed by atoms with Crippen molar-refractivity contribution in [1.82, 2.24) is 20.0 Å². The van der Waals surface area contributed by atoms with Crippen LogP contribution in [0.2, 0.25) is 0 Å². The summed E-state index contributed by atoms with van der Waals surface area (Å²) in [4.78, 5) is 42.8. The lowest BCUT2D eigenvalue weighted by molar-refractivity contribution is -0.274. The van der Waals surface area contributed by atoms with Gasteiger partial charge in [-0.05, 0) is 43.9 Å². The van der Waals surface area contributed by atoms with Crippen LogP contribution in [0.15, 0.2) is 24.3 Å². The molecule has 0 aromatic heterocycles. The highest BCUT2D eigenvalue weighted by molar-refractivity contribution is 6.35. The van der Waals surface area contributed by atoms with Crippen LogP contribution in [0.5, 0.6) is 5.75 Å². The topological polar surface area (TPSA) is 82.2 Å². The number of ketones is 1. The molecule has 2 amide bonds. The molecule has 4 rings (SSSR count). The summed E-state index contributed by atoms with van der Waals surface area (Å²) < 4.78 is 40.9. The summed E-state index contributed by atoms with van der Waals surface area (Å²) in [5.74, 6) is -1.43. The highest BCUT2D eigenvalue weighted by Crippen LogP contribution is 2.31. The van der Waals surface area contributed by atoms with Crippen molar-refractivity contribution in [2.75, 3.05) is 26.7 Å². The van der Waals surface area contributed by atoms with Crippen molar-refractivity contribution >= 4 is 17.6 Å². The molecule has 3 heterocycles. The van der Waals surface area contributed by atoms with Gasteiger partial charge >= 0.3 is 18.2 Å². The van der Waals surface area contributed by atoms with Crippen LogP contribution in [0.4, 0.5) is 13.2 Å². The van der Waals surface area contributed by atoms with Gasteiger partial charge in [0.25, 0.3) is 0 Å². The molecular weight excluding hydrogens is 453 g/mol. The van der Waals surface area contributed by atoms with E-state index in [2.05, 4.69) is 15.0 Å². The number of nitrogens with zero attached hydrogens (tertiary/aromatic N) is 3. The van der Waals surface area contributed by atoms with E-state index in [0.29, 0.717) is 45.4 Å². The van der Waals surface area contributed by atoms with Gasteiger partial charge in [-0.3, -0.25) is 24.6 Å². The Bertz CT molecular complexity index is 931. The Morgan fingerprint density at radius 2 is 1.76 bits per heavy atom. The molecule has 34 heavy (non-hydrogen) atoms. The third kappa shape index (κ3) is 5.20. The minimum atomic E-state index is -4.72. The second kappa shape index (κ2) is 9.53. The zero-order valence-electron chi connectivity index (χ0n) is 19.2. The summed E-state index contributed by atoms with van der Waals surface area (Å²) in [5.41, 5.74) is 0.864. The molecule has 3 aliphatic rings. The van der Waals surface area contributed by atoms with E-state index in [1.54, 1.807) is 31.0 Å². The summed E-state index contributed by atoms with van der Waals surface area (Å²) in [5, 5.41) is 3.34. The standard InChI is InChI=1S/C23H29F3N4O4/c1-14(31)16-11-19-20(27-12-16)30(22(33)21(32)28(19)2)17-7-9-29(10-8-17)13-15-3-5-18(6-4-15)34-23(24,25)26/h3-6,16-17,19-20,27H,7-13H2,1-2H3. The molecule has 3 aliphatic heterocycles. The number of nitrogens with one attached hydrogen (secondary N) is 1. The molecule has 1 N–H and O–H groups in total. The zero-order valence-corrected chi connectivity index (χ0v) is 19.2. The number of ether oxygens (including phenoxy) is 1. The monoisotopic (exact) mass is 482 g/mol. The van der Waals surface area contributed by atoms with Gasteiger partial charge in [-0.25, -0.2) is 0 Å². The number of likely N-dealkylation sites (tertiary alicyclic amines) is 1. The Labute approximate surface area is 196 Å². The highest BCUT2D eigenvalue weighted by Gasteiger charge is 2.50. The quantitative estimate of drug-likeness (QED) is 0.644. The van der Waals surface area contributed by atoms with E-state index < -0.39 is 18.2 Å². The van der Waals surface area contributed by atoms with Crippen molar-refractivity contribution < 1.29 is 32.3 Å². The molecule has 0 bridgehead atoms. The fourth-order valence-corrected chi connectivity index (χ4v) is 5.21. The van der Waals surface area contributed by atoms with Crippen LogP contribution in [0.1, 0.15) is 31.7 Å². The average molecular weight is 483 g/mol. The molecule has 186 valence electrons. The molecule has 1 aromatic rings. The van der Waals surface area contributed by atoms with Crippen LogP contribution < -0.4 is 10.1 Å². The number of piperazine rings is 1. The lowest BCUT2D eigenvalue weighted by atomic mass is 9.86. The van der Waals surface area contributed by atoms with E-state index in [0.717, 1.165) is 5.56 Å². The van der Waals surface area contributed by atoms with Gasteiger partial charge < -0.3 is 14.5 Å². The normalized spacial score (nSPS) is 27.0. The number of carbonyl (C=O) groups is 3. The Kier molecular flexibility index (Phi) is 6.86. The highest BCUT2D eigenvalue weighted by atomic mass is 19.4. The van der Waals surface area contributed by atoms with Gasteiger partial charge in [-0.1, -0.05) is 12.1 Å². The molecular formula is C23H29F3N4O4. The van der Waals surface area contributed by atoms with Crippen molar-refractivity contribution in [2.45, 2.75) is 57.3 Å². The summed E-state index contributed by atoms with van der Waals surface area (Å²) in [6.45, 7) is 3.97. The summed E-state index contributed by atoms with van der Waals surface area (Å²) >= 11 is 0. The lowest BCUT2D eigenvalue weighted by Crippen LogP contribution is -2.73. The molecule has 3 saturated heterocycles. The molecule has 0 aliphatic carbocycles.